The number of carbonyl (C=O) groups is 1. The molecule has 0 saturated carbocycles. The molecule has 2 rings (SSSR count). The third kappa shape index (κ3) is 3.15. The molecule has 0 fully saturated rings. The van der Waals surface area contributed by atoms with Gasteiger partial charge >= 0.3 is 5.97 Å². The van der Waals surface area contributed by atoms with Crippen molar-refractivity contribution in [2.24, 2.45) is 0 Å². The van der Waals surface area contributed by atoms with Gasteiger partial charge < -0.3 is 23.9 Å². The van der Waals surface area contributed by atoms with E-state index in [0.717, 1.165) is 0 Å². The lowest BCUT2D eigenvalue weighted by Gasteiger charge is -2.16. The summed E-state index contributed by atoms with van der Waals surface area (Å²) in [6.07, 6.45) is 6.54. The van der Waals surface area contributed by atoms with Crippen LogP contribution < -0.4 is 15.0 Å². The minimum absolute atomic E-state index is 0.112. The van der Waals surface area contributed by atoms with E-state index in [1.54, 1.807) is 0 Å². The number of aromatic hydroxyl groups is 1. The van der Waals surface area contributed by atoms with Gasteiger partial charge in [-0.1, -0.05) is 12.0 Å². The van der Waals surface area contributed by atoms with Crippen LogP contribution in [0.4, 0.5) is 0 Å². The summed E-state index contributed by atoms with van der Waals surface area (Å²) >= 11 is 0. The minimum Gasteiger partial charge on any atom is -0.506 e. The largest absolute Gasteiger partial charge is 0.506 e. The maximum atomic E-state index is 12.7. The Hall–Kier alpha value is -3.40. The van der Waals surface area contributed by atoms with Crippen molar-refractivity contribution in [3.8, 4) is 29.6 Å². The number of hydrogen-bond acceptors (Lipinski definition) is 6. The molecule has 1 heterocycles. The Bertz CT molecular complexity index is 935. The molecule has 0 unspecified atom stereocenters. The molecule has 7 heteroatoms. The fraction of sp³-hybridized carbons (Fsp3) is 0.222. The number of carbonyl (C=O) groups excluding carboxylic acids is 1. The topological polar surface area (TPSA) is 87.0 Å². The molecule has 25 heavy (non-hydrogen) atoms. The van der Waals surface area contributed by atoms with Crippen molar-refractivity contribution in [2.45, 2.75) is 6.54 Å². The van der Waals surface area contributed by atoms with E-state index in [2.05, 4.69) is 12.5 Å². The Labute approximate surface area is 144 Å². The monoisotopic (exact) mass is 343 g/mol. The van der Waals surface area contributed by atoms with Crippen molar-refractivity contribution >= 4 is 16.9 Å². The molecule has 0 aliphatic heterocycles. The molecular formula is C18H17NO6. The van der Waals surface area contributed by atoms with E-state index in [4.69, 9.17) is 20.6 Å². The van der Waals surface area contributed by atoms with E-state index >= 15 is 0 Å². The Morgan fingerprint density at radius 3 is 2.56 bits per heavy atom. The van der Waals surface area contributed by atoms with Crippen molar-refractivity contribution in [3.05, 3.63) is 40.7 Å². The summed E-state index contributed by atoms with van der Waals surface area (Å²) in [5, 5.41) is 10.7. The lowest BCUT2D eigenvalue weighted by molar-refractivity contribution is 0.0551. The molecule has 0 saturated heterocycles. The van der Waals surface area contributed by atoms with E-state index < -0.39 is 22.8 Å². The van der Waals surface area contributed by atoms with Gasteiger partial charge in [-0.15, -0.1) is 13.0 Å². The Morgan fingerprint density at radius 1 is 1.36 bits per heavy atom. The second-order valence-corrected chi connectivity index (χ2v) is 4.93. The van der Waals surface area contributed by atoms with Gasteiger partial charge in [-0.25, -0.2) is 4.79 Å². The minimum atomic E-state index is -1.00. The first kappa shape index (κ1) is 17.9. The third-order valence-corrected chi connectivity index (χ3v) is 3.55. The van der Waals surface area contributed by atoms with Crippen molar-refractivity contribution in [1.29, 1.82) is 0 Å². The summed E-state index contributed by atoms with van der Waals surface area (Å²) < 4.78 is 16.5. The van der Waals surface area contributed by atoms with Crippen LogP contribution in [0.15, 0.2) is 29.6 Å². The summed E-state index contributed by atoms with van der Waals surface area (Å²) in [6, 6.07) is 3.01. The van der Waals surface area contributed by atoms with Gasteiger partial charge in [-0.05, 0) is 6.07 Å². The van der Waals surface area contributed by atoms with Crippen LogP contribution in [0.3, 0.4) is 0 Å². The fourth-order valence-corrected chi connectivity index (χ4v) is 2.44. The first-order valence-corrected chi connectivity index (χ1v) is 7.23. The molecule has 0 atom stereocenters. The lowest BCUT2D eigenvalue weighted by Crippen LogP contribution is -2.27. The van der Waals surface area contributed by atoms with Crippen molar-refractivity contribution in [3.63, 3.8) is 0 Å². The predicted octanol–water partition coefficient (Wildman–Crippen LogP) is 1.70. The zero-order chi connectivity index (χ0) is 18.6. The zero-order valence-corrected chi connectivity index (χ0v) is 13.9. The number of allylic oxidation sites excluding steroid dienone is 1. The van der Waals surface area contributed by atoms with Crippen LogP contribution in [-0.4, -0.2) is 36.5 Å². The molecule has 7 nitrogen and oxygen atoms in total. The smallest absolute Gasteiger partial charge is 0.348 e. The SMILES string of the molecule is C#CCOC(=O)c1c(O)c2cc(OC)c(OC)cc2n(CC=C)c1=O. The number of fused-ring (bicyclic) bond motifs is 1. The number of aromatic nitrogens is 1. The first-order valence-electron chi connectivity index (χ1n) is 7.23. The van der Waals surface area contributed by atoms with Crippen LogP contribution >= 0.6 is 0 Å². The summed E-state index contributed by atoms with van der Waals surface area (Å²) in [5.41, 5.74) is -0.871. The average Bonchev–Trinajstić information content (AvgIpc) is 2.62. The molecule has 0 radical (unpaired) electrons. The van der Waals surface area contributed by atoms with Crippen LogP contribution in [0.25, 0.3) is 10.9 Å². The van der Waals surface area contributed by atoms with Gasteiger partial charge in [-0.3, -0.25) is 4.79 Å². The second kappa shape index (κ2) is 7.45. The zero-order valence-electron chi connectivity index (χ0n) is 13.9. The first-order chi connectivity index (χ1) is 12.0. The molecule has 0 spiro atoms. The van der Waals surface area contributed by atoms with Gasteiger partial charge in [0.25, 0.3) is 5.56 Å². The number of methoxy groups -OCH3 is 2. The van der Waals surface area contributed by atoms with Gasteiger partial charge in [0, 0.05) is 18.0 Å². The van der Waals surface area contributed by atoms with E-state index in [9.17, 15) is 14.7 Å². The normalized spacial score (nSPS) is 10.1. The summed E-state index contributed by atoms with van der Waals surface area (Å²) in [7, 11) is 2.88. The van der Waals surface area contributed by atoms with Crippen LogP contribution in [0.5, 0.6) is 17.2 Å². The highest BCUT2D eigenvalue weighted by molar-refractivity contribution is 6.00. The molecule has 2 aromatic rings. The number of ether oxygens (including phenoxy) is 3. The quantitative estimate of drug-likeness (QED) is 0.488. The number of terminal acetylenes is 1. The molecular weight excluding hydrogens is 326 g/mol. The van der Waals surface area contributed by atoms with E-state index in [1.807, 2.05) is 0 Å². The van der Waals surface area contributed by atoms with Gasteiger partial charge in [-0.2, -0.15) is 0 Å². The molecule has 0 amide bonds. The lowest BCUT2D eigenvalue weighted by atomic mass is 10.1. The standard InChI is InChI=1S/C18H17NO6/c1-5-7-19-12-10-14(24-4)13(23-3)9-11(12)16(20)15(17(19)21)18(22)25-8-6-2/h2,5,9-10,20H,1,7-8H2,3-4H3. The summed E-state index contributed by atoms with van der Waals surface area (Å²) in [6.45, 7) is 3.40. The summed E-state index contributed by atoms with van der Waals surface area (Å²) in [4.78, 5) is 24.8. The van der Waals surface area contributed by atoms with E-state index in [1.165, 1.54) is 37.0 Å². The predicted molar refractivity (Wildman–Crippen MR) is 92.3 cm³/mol. The van der Waals surface area contributed by atoms with Crippen molar-refractivity contribution in [1.82, 2.24) is 4.57 Å². The number of rotatable bonds is 6. The number of hydrogen-bond donors (Lipinski definition) is 1. The van der Waals surface area contributed by atoms with E-state index in [0.29, 0.717) is 17.0 Å². The van der Waals surface area contributed by atoms with E-state index in [-0.39, 0.29) is 18.5 Å². The molecule has 1 N–H and O–H groups in total. The van der Waals surface area contributed by atoms with Gasteiger partial charge in [0.15, 0.2) is 23.7 Å². The van der Waals surface area contributed by atoms with Crippen LogP contribution in [0.1, 0.15) is 10.4 Å². The molecule has 0 bridgehead atoms. The third-order valence-electron chi connectivity index (χ3n) is 3.55. The highest BCUT2D eigenvalue weighted by Gasteiger charge is 2.24. The highest BCUT2D eigenvalue weighted by Crippen LogP contribution is 2.36. The second-order valence-electron chi connectivity index (χ2n) is 4.93. The molecule has 1 aromatic carbocycles. The molecule has 0 aliphatic carbocycles. The molecule has 0 aliphatic rings. The number of nitrogens with zero attached hydrogens (tertiary/aromatic N) is 1. The maximum absolute atomic E-state index is 12.7. The van der Waals surface area contributed by atoms with Gasteiger partial charge in [0.2, 0.25) is 0 Å². The maximum Gasteiger partial charge on any atom is 0.348 e. The van der Waals surface area contributed by atoms with Crippen LogP contribution in [0.2, 0.25) is 0 Å². The Morgan fingerprint density at radius 2 is 2.00 bits per heavy atom. The summed E-state index contributed by atoms with van der Waals surface area (Å²) in [5.74, 6) is 1.32. The number of benzene rings is 1. The number of esters is 1. The molecule has 1 aromatic heterocycles. The van der Waals surface area contributed by atoms with Crippen LogP contribution in [-0.2, 0) is 11.3 Å². The highest BCUT2D eigenvalue weighted by atomic mass is 16.5. The van der Waals surface area contributed by atoms with Crippen molar-refractivity contribution < 1.29 is 24.1 Å². The molecule has 130 valence electrons. The fourth-order valence-electron chi connectivity index (χ4n) is 2.44. The van der Waals surface area contributed by atoms with Crippen molar-refractivity contribution in [2.75, 3.05) is 20.8 Å². The van der Waals surface area contributed by atoms with Gasteiger partial charge in [0.05, 0.1) is 19.7 Å². The van der Waals surface area contributed by atoms with Gasteiger partial charge in [0.1, 0.15) is 5.75 Å². The Balaban J connectivity index is 2.88. The number of pyridine rings is 1. The average molecular weight is 343 g/mol. The van der Waals surface area contributed by atoms with Crippen LogP contribution in [0, 0.1) is 12.3 Å². The Kier molecular flexibility index (Phi) is 5.35.